The van der Waals surface area contributed by atoms with Crippen molar-refractivity contribution in [2.45, 2.75) is 19.8 Å². The normalized spacial score (nSPS) is 10.2. The van der Waals surface area contributed by atoms with Crippen molar-refractivity contribution in [1.29, 1.82) is 0 Å². The molecule has 0 atom stereocenters. The van der Waals surface area contributed by atoms with Crippen molar-refractivity contribution in [2.24, 2.45) is 0 Å². The van der Waals surface area contributed by atoms with Crippen LogP contribution in [0.4, 0.5) is 5.69 Å². The average molecular weight is 177 g/mol. The van der Waals surface area contributed by atoms with Crippen LogP contribution in [0.15, 0.2) is 29.1 Å². The summed E-state index contributed by atoms with van der Waals surface area (Å²) < 4.78 is 0. The lowest BCUT2D eigenvalue weighted by Gasteiger charge is -2.01. The monoisotopic (exact) mass is 177 g/mol. The maximum atomic E-state index is 11.8. The van der Waals surface area contributed by atoms with E-state index in [4.69, 9.17) is 0 Å². The van der Waals surface area contributed by atoms with E-state index in [0.29, 0.717) is 5.69 Å². The minimum atomic E-state index is 0.0995. The Morgan fingerprint density at radius 1 is 1.23 bits per heavy atom. The molecule has 0 aliphatic heterocycles. The predicted molar refractivity (Wildman–Crippen MR) is 56.3 cm³/mol. The Morgan fingerprint density at radius 2 is 1.85 bits per heavy atom. The van der Waals surface area contributed by atoms with E-state index < -0.39 is 0 Å². The molecule has 0 spiro atoms. The minimum absolute atomic E-state index is 0.0995. The number of hydrogen-bond donors (Lipinski definition) is 1. The van der Waals surface area contributed by atoms with Crippen molar-refractivity contribution in [1.82, 2.24) is 0 Å². The van der Waals surface area contributed by atoms with Crippen molar-refractivity contribution in [3.63, 3.8) is 0 Å². The Morgan fingerprint density at radius 3 is 2.38 bits per heavy atom. The van der Waals surface area contributed by atoms with Gasteiger partial charge < -0.3 is 5.32 Å². The molecule has 1 aromatic rings. The van der Waals surface area contributed by atoms with Gasteiger partial charge in [-0.05, 0) is 12.0 Å². The van der Waals surface area contributed by atoms with E-state index >= 15 is 0 Å². The third kappa shape index (κ3) is 2.08. The zero-order valence-corrected chi connectivity index (χ0v) is 8.29. The SMILES string of the molecule is CNc1ccccc(C(C)C)c1=O. The van der Waals surface area contributed by atoms with E-state index in [0.717, 1.165) is 5.56 Å². The maximum Gasteiger partial charge on any atom is 0.205 e. The Balaban J connectivity index is 3.40. The standard InChI is InChI=1S/C11H15NO/c1-8(2)9-6-4-5-7-10(12-3)11(9)13/h4-8H,1-3H3,(H,12,13). The highest BCUT2D eigenvalue weighted by Gasteiger charge is 2.04. The molecule has 0 saturated carbocycles. The van der Waals surface area contributed by atoms with Gasteiger partial charge in [0.05, 0.1) is 5.69 Å². The Hall–Kier alpha value is -1.31. The highest BCUT2D eigenvalue weighted by atomic mass is 16.1. The summed E-state index contributed by atoms with van der Waals surface area (Å²) in [5, 5.41) is 2.90. The fraction of sp³-hybridized carbons (Fsp3) is 0.364. The first-order chi connectivity index (χ1) is 6.16. The third-order valence-corrected chi connectivity index (χ3v) is 2.05. The fourth-order valence-electron chi connectivity index (χ4n) is 1.27. The van der Waals surface area contributed by atoms with Gasteiger partial charge in [0.25, 0.3) is 0 Å². The lowest BCUT2D eigenvalue weighted by molar-refractivity contribution is 0.860. The molecule has 70 valence electrons. The molecule has 0 amide bonds. The van der Waals surface area contributed by atoms with Crippen LogP contribution in [-0.4, -0.2) is 7.05 Å². The van der Waals surface area contributed by atoms with E-state index in [1.165, 1.54) is 0 Å². The van der Waals surface area contributed by atoms with Crippen molar-refractivity contribution in [3.8, 4) is 0 Å². The molecular weight excluding hydrogens is 162 g/mol. The van der Waals surface area contributed by atoms with Gasteiger partial charge in [-0.25, -0.2) is 0 Å². The summed E-state index contributed by atoms with van der Waals surface area (Å²) in [7, 11) is 1.76. The quantitative estimate of drug-likeness (QED) is 0.750. The zero-order valence-electron chi connectivity index (χ0n) is 8.29. The molecule has 0 aliphatic carbocycles. The van der Waals surface area contributed by atoms with Crippen LogP contribution in [0.2, 0.25) is 0 Å². The fourth-order valence-corrected chi connectivity index (χ4v) is 1.27. The molecule has 0 bridgehead atoms. The number of nitrogens with one attached hydrogen (secondary N) is 1. The predicted octanol–water partition coefficient (Wildman–Crippen LogP) is 2.21. The largest absolute Gasteiger partial charge is 0.385 e. The molecule has 1 rings (SSSR count). The van der Waals surface area contributed by atoms with Crippen molar-refractivity contribution >= 4 is 5.69 Å². The zero-order chi connectivity index (χ0) is 9.84. The summed E-state index contributed by atoms with van der Waals surface area (Å²) >= 11 is 0. The van der Waals surface area contributed by atoms with Gasteiger partial charge in [0, 0.05) is 12.6 Å². The Kier molecular flexibility index (Phi) is 3.07. The molecule has 0 unspecified atom stereocenters. The molecule has 0 fully saturated rings. The van der Waals surface area contributed by atoms with Gasteiger partial charge in [0.2, 0.25) is 5.43 Å². The van der Waals surface area contributed by atoms with E-state index in [9.17, 15) is 4.79 Å². The van der Waals surface area contributed by atoms with Crippen molar-refractivity contribution in [3.05, 3.63) is 40.1 Å². The van der Waals surface area contributed by atoms with Crippen molar-refractivity contribution < 1.29 is 0 Å². The molecular formula is C11H15NO. The summed E-state index contributed by atoms with van der Waals surface area (Å²) in [6.45, 7) is 4.05. The lowest BCUT2D eigenvalue weighted by Crippen LogP contribution is -2.11. The summed E-state index contributed by atoms with van der Waals surface area (Å²) in [5.74, 6) is 0.270. The maximum absolute atomic E-state index is 11.8. The van der Waals surface area contributed by atoms with Gasteiger partial charge in [-0.1, -0.05) is 32.0 Å². The molecule has 2 heteroatoms. The first-order valence-corrected chi connectivity index (χ1v) is 4.47. The van der Waals surface area contributed by atoms with Crippen LogP contribution in [-0.2, 0) is 0 Å². The van der Waals surface area contributed by atoms with Crippen LogP contribution < -0.4 is 10.7 Å². The van der Waals surface area contributed by atoms with Crippen LogP contribution >= 0.6 is 0 Å². The molecule has 2 nitrogen and oxygen atoms in total. The summed E-state index contributed by atoms with van der Waals surface area (Å²) in [5.41, 5.74) is 1.62. The number of hydrogen-bond acceptors (Lipinski definition) is 2. The molecule has 0 saturated heterocycles. The van der Waals surface area contributed by atoms with E-state index in [-0.39, 0.29) is 11.3 Å². The first kappa shape index (κ1) is 9.78. The number of anilines is 1. The second kappa shape index (κ2) is 4.08. The van der Waals surface area contributed by atoms with Crippen LogP contribution in [0.5, 0.6) is 0 Å². The molecule has 13 heavy (non-hydrogen) atoms. The summed E-state index contributed by atoms with van der Waals surface area (Å²) in [4.78, 5) is 11.8. The van der Waals surface area contributed by atoms with Gasteiger partial charge in [-0.3, -0.25) is 4.79 Å². The summed E-state index contributed by atoms with van der Waals surface area (Å²) in [6, 6.07) is 7.46. The van der Waals surface area contributed by atoms with Crippen LogP contribution in [0.25, 0.3) is 0 Å². The minimum Gasteiger partial charge on any atom is -0.385 e. The molecule has 0 aromatic heterocycles. The average Bonchev–Trinajstić information content (AvgIpc) is 2.26. The smallest absolute Gasteiger partial charge is 0.205 e. The number of rotatable bonds is 2. The lowest BCUT2D eigenvalue weighted by atomic mass is 10.1. The van der Waals surface area contributed by atoms with Gasteiger partial charge in [0.15, 0.2) is 0 Å². The summed E-state index contributed by atoms with van der Waals surface area (Å²) in [6.07, 6.45) is 0. The molecule has 0 aliphatic rings. The van der Waals surface area contributed by atoms with Crippen molar-refractivity contribution in [2.75, 3.05) is 12.4 Å². The van der Waals surface area contributed by atoms with E-state index in [1.807, 2.05) is 32.0 Å². The second-order valence-corrected chi connectivity index (χ2v) is 3.32. The van der Waals surface area contributed by atoms with E-state index in [2.05, 4.69) is 5.32 Å². The highest BCUT2D eigenvalue weighted by Crippen LogP contribution is 2.10. The van der Waals surface area contributed by atoms with Crippen LogP contribution in [0.3, 0.4) is 0 Å². The van der Waals surface area contributed by atoms with E-state index in [1.54, 1.807) is 13.1 Å². The third-order valence-electron chi connectivity index (χ3n) is 2.05. The van der Waals surface area contributed by atoms with Crippen LogP contribution in [0.1, 0.15) is 25.3 Å². The second-order valence-electron chi connectivity index (χ2n) is 3.32. The molecule has 0 radical (unpaired) electrons. The topological polar surface area (TPSA) is 29.1 Å². The first-order valence-electron chi connectivity index (χ1n) is 4.47. The highest BCUT2D eigenvalue weighted by molar-refractivity contribution is 5.44. The van der Waals surface area contributed by atoms with Gasteiger partial charge in [-0.2, -0.15) is 0 Å². The Bertz CT molecular complexity index is 344. The molecule has 0 heterocycles. The van der Waals surface area contributed by atoms with Crippen LogP contribution in [0, 0.1) is 0 Å². The Labute approximate surface area is 78.6 Å². The van der Waals surface area contributed by atoms with Gasteiger partial charge >= 0.3 is 0 Å². The molecule has 1 N–H and O–H groups in total. The van der Waals surface area contributed by atoms with Gasteiger partial charge in [-0.15, -0.1) is 0 Å². The molecule has 1 aromatic carbocycles. The van der Waals surface area contributed by atoms with Gasteiger partial charge in [0.1, 0.15) is 0 Å².